The van der Waals surface area contributed by atoms with E-state index in [-0.39, 0.29) is 0 Å². The maximum absolute atomic E-state index is 6.37. The van der Waals surface area contributed by atoms with E-state index >= 15 is 0 Å². The molecule has 7 spiro atoms. The predicted molar refractivity (Wildman–Crippen MR) is 509 cm³/mol. The first-order valence-corrected chi connectivity index (χ1v) is 52.9. The molecule has 13 saturated carbocycles. The number of nitrogens with zero attached hydrogens (tertiary/aromatic N) is 1. The number of hydrogen-bond donors (Lipinski definition) is 0. The van der Waals surface area contributed by atoms with E-state index in [2.05, 4.69) is 146 Å². The number of rotatable bonds is 18. The molecule has 1 nitrogen and oxygen atoms in total. The molecule has 121 heavy (non-hydrogen) atoms. The molecule has 0 saturated heterocycles. The monoisotopic (exact) mass is 1670 g/mol. The summed E-state index contributed by atoms with van der Waals surface area (Å²) in [6, 6.07) is 49.7. The molecular formula is C117H150Cl3N. The van der Waals surface area contributed by atoms with Crippen molar-refractivity contribution in [2.45, 2.75) is 387 Å². The molecule has 0 N–H and O–H groups in total. The summed E-state index contributed by atoms with van der Waals surface area (Å²) in [6.45, 7) is 4.77. The maximum Gasteiger partial charge on any atom is 0.0440 e. The van der Waals surface area contributed by atoms with Crippen molar-refractivity contribution in [1.82, 2.24) is 4.98 Å². The number of fused-ring (bicyclic) bond motifs is 12. The van der Waals surface area contributed by atoms with Gasteiger partial charge in [-0.2, -0.15) is 0 Å². The van der Waals surface area contributed by atoms with Gasteiger partial charge in [-0.1, -0.05) is 293 Å². The molecule has 644 valence electrons. The molecule has 12 unspecified atom stereocenters. The summed E-state index contributed by atoms with van der Waals surface area (Å²) in [5.74, 6) is 14.3. The Balaban J connectivity index is 0.0000000899. The van der Waals surface area contributed by atoms with Crippen molar-refractivity contribution >= 4 is 34.8 Å². The standard InChI is InChI=1S/C24H29N.C19H25Cl.C19H24.C19H26.2C18H23Cl/c1-2-5-18(6-3-1)8-11-22-16-24(22)13-12-19-9-10-20(15-23(19)24)21-7-4-14-25-17-21;20-18-8-4-7-17-16(18)11-12-19(17)13-15(19)10-9-14-5-2-1-3-6-14;1-2-5-17-15(4-1)6-9-19(17)13-16(19)10-14-11-18(12-14)7-3-8-18;1-14-6-8-15(9-7-14)12-17-13-19(17)11-10-16-4-2-3-5-18(16)19;19-16-8-7-14-9-10-18(17(14)11-16)12-15(18)6-2-5-13-3-1-4-13;1-2-12-7-13(8-12)9-15-11-18(15)6-5-14-3-4-16(19)10-17(14)18/h4,7,9-10,14-15,17-18,22H,1-3,5-6,8,11-13,16H2;4,7-8,14-15H,1-3,5-6,9-13H2;1-2,4-5,14,16H,3,6-13H2;2-5,14-15,17H,6-13H2,1H3;7-8,11,13,15H,1-6,9-10,12H2;3-4,10,12-13,15H,2,5-9,11H2,1H3. The van der Waals surface area contributed by atoms with Gasteiger partial charge in [0.15, 0.2) is 0 Å². The van der Waals surface area contributed by atoms with Crippen LogP contribution in [0.5, 0.6) is 0 Å². The first kappa shape index (κ1) is 83.3. The van der Waals surface area contributed by atoms with Crippen molar-refractivity contribution in [3.8, 4) is 11.1 Å². The van der Waals surface area contributed by atoms with Crippen molar-refractivity contribution in [3.63, 3.8) is 0 Å². The predicted octanol–water partition coefficient (Wildman–Crippen LogP) is 33.1. The Bertz CT molecular complexity index is 4750. The summed E-state index contributed by atoms with van der Waals surface area (Å²) in [5.41, 5.74) is 26.5. The Morgan fingerprint density at radius 2 is 0.777 bits per heavy atom. The van der Waals surface area contributed by atoms with Crippen LogP contribution in [0.2, 0.25) is 15.1 Å². The van der Waals surface area contributed by atoms with Crippen LogP contribution in [0, 0.1) is 88.3 Å². The van der Waals surface area contributed by atoms with Gasteiger partial charge in [-0.05, 0) is 428 Å². The van der Waals surface area contributed by atoms with E-state index in [1.54, 1.807) is 93.3 Å². The Kier molecular flexibility index (Phi) is 23.9. The third-order valence-electron chi connectivity index (χ3n) is 39.5. The summed E-state index contributed by atoms with van der Waals surface area (Å²) in [4.78, 5) is 4.30. The molecule has 0 radical (unpaired) electrons. The fourth-order valence-corrected chi connectivity index (χ4v) is 31.7. The quantitative estimate of drug-likeness (QED) is 0.0834. The first-order valence-electron chi connectivity index (χ1n) is 51.8. The van der Waals surface area contributed by atoms with Gasteiger partial charge in [-0.15, -0.1) is 0 Å². The number of halogens is 3. The van der Waals surface area contributed by atoms with Gasteiger partial charge in [-0.3, -0.25) is 4.98 Å². The Morgan fingerprint density at radius 3 is 1.30 bits per heavy atom. The fraction of sp³-hybridized carbons (Fsp3) is 0.650. The third kappa shape index (κ3) is 16.9. The van der Waals surface area contributed by atoms with Gasteiger partial charge in [0.05, 0.1) is 0 Å². The van der Waals surface area contributed by atoms with Crippen molar-refractivity contribution < 1.29 is 0 Å². The zero-order valence-electron chi connectivity index (χ0n) is 75.0. The topological polar surface area (TPSA) is 12.9 Å². The Morgan fingerprint density at radius 1 is 0.322 bits per heavy atom. The van der Waals surface area contributed by atoms with Gasteiger partial charge >= 0.3 is 0 Å². The molecule has 13 fully saturated rings. The molecule has 6 aromatic carbocycles. The van der Waals surface area contributed by atoms with Crippen LogP contribution >= 0.6 is 34.8 Å². The zero-order chi connectivity index (χ0) is 81.6. The lowest BCUT2D eigenvalue weighted by Crippen LogP contribution is -2.42. The van der Waals surface area contributed by atoms with Gasteiger partial charge < -0.3 is 0 Å². The first-order chi connectivity index (χ1) is 59.2. The molecule has 0 aliphatic heterocycles. The van der Waals surface area contributed by atoms with Crippen LogP contribution in [0.1, 0.15) is 382 Å². The van der Waals surface area contributed by atoms with Crippen LogP contribution < -0.4 is 0 Å². The average Bonchev–Trinajstić information content (AvgIpc) is 1.58. The van der Waals surface area contributed by atoms with Gasteiger partial charge in [0.2, 0.25) is 0 Å². The van der Waals surface area contributed by atoms with Crippen molar-refractivity contribution in [2.75, 3.05) is 0 Å². The second kappa shape index (κ2) is 34.7. The number of pyridine rings is 1. The highest BCUT2D eigenvalue weighted by Crippen LogP contribution is 2.71. The van der Waals surface area contributed by atoms with E-state index < -0.39 is 0 Å². The Hall–Kier alpha value is -4.66. The van der Waals surface area contributed by atoms with Crippen LogP contribution in [0.15, 0.2) is 146 Å². The van der Waals surface area contributed by atoms with Crippen molar-refractivity contribution in [1.29, 1.82) is 0 Å². The van der Waals surface area contributed by atoms with Gasteiger partial charge in [0.25, 0.3) is 0 Å². The van der Waals surface area contributed by atoms with Crippen LogP contribution in [0.4, 0.5) is 0 Å². The smallest absolute Gasteiger partial charge is 0.0440 e. The summed E-state index contributed by atoms with van der Waals surface area (Å²) < 4.78 is 0. The number of aromatic nitrogens is 1. The van der Waals surface area contributed by atoms with Crippen molar-refractivity contribution in [2.24, 2.45) is 88.3 Å². The molecule has 19 aliphatic rings. The van der Waals surface area contributed by atoms with Crippen LogP contribution in [-0.4, -0.2) is 4.98 Å². The van der Waals surface area contributed by atoms with Gasteiger partial charge in [-0.25, -0.2) is 0 Å². The van der Waals surface area contributed by atoms with E-state index in [4.69, 9.17) is 34.8 Å². The molecule has 4 heteroatoms. The number of hydrogen-bond acceptors (Lipinski definition) is 1. The van der Waals surface area contributed by atoms with Gasteiger partial charge in [0, 0.05) is 27.5 Å². The fourth-order valence-electron chi connectivity index (χ4n) is 31.1. The number of aryl methyl sites for hydroxylation is 5. The SMILES string of the molecule is CC1CCC(CC2CC23CCc2ccccc23)CC1.CCC1CC(CC2CC23CCc2ccc(Cl)cc23)C1.Clc1ccc2c(c1)C1(CC2)CC1CCCC1CCC1.Clc1cccc2c1CCC21CC1CCC1CCCCC1.c1ccc2c(c1)CCC21CC1CC1CC2(CCC2)C1.c1cncc(-c2ccc3c(c2)C2(CC3)CC2CCC2CCCCC2)c1. The highest BCUT2D eigenvalue weighted by molar-refractivity contribution is 6.31. The minimum Gasteiger partial charge on any atom is -0.264 e. The lowest BCUT2D eigenvalue weighted by atomic mass is 9.51. The maximum atomic E-state index is 6.37. The number of benzene rings is 6. The van der Waals surface area contributed by atoms with E-state index in [9.17, 15) is 0 Å². The van der Waals surface area contributed by atoms with Gasteiger partial charge in [0.1, 0.15) is 0 Å². The third-order valence-corrected chi connectivity index (χ3v) is 40.3. The molecule has 7 aromatic rings. The second-order valence-electron chi connectivity index (χ2n) is 46.1. The highest BCUT2D eigenvalue weighted by atomic mass is 35.5. The lowest BCUT2D eigenvalue weighted by molar-refractivity contribution is -0.0305. The van der Waals surface area contributed by atoms with E-state index in [0.29, 0.717) is 32.5 Å². The molecule has 0 bridgehead atoms. The minimum atomic E-state index is 0.544. The molecule has 1 heterocycles. The average molecular weight is 1680 g/mol. The second-order valence-corrected chi connectivity index (χ2v) is 47.4. The van der Waals surface area contributed by atoms with E-state index in [1.807, 2.05) is 18.5 Å². The summed E-state index contributed by atoms with van der Waals surface area (Å²) in [7, 11) is 0. The molecule has 12 atom stereocenters. The summed E-state index contributed by atoms with van der Waals surface area (Å²) in [6.07, 6.45) is 81.3. The zero-order valence-corrected chi connectivity index (χ0v) is 77.3. The molecular weight excluding hydrogens is 1530 g/mol. The largest absolute Gasteiger partial charge is 0.264 e. The molecule has 0 amide bonds. The van der Waals surface area contributed by atoms with Crippen LogP contribution in [0.25, 0.3) is 11.1 Å². The lowest BCUT2D eigenvalue weighted by Gasteiger charge is -2.54. The summed E-state index contributed by atoms with van der Waals surface area (Å²) in [5, 5.41) is 2.87. The molecule has 19 aliphatic carbocycles. The van der Waals surface area contributed by atoms with E-state index in [0.717, 1.165) is 103 Å². The molecule has 26 rings (SSSR count). The highest BCUT2D eigenvalue weighted by Gasteiger charge is 2.64. The Labute approximate surface area is 748 Å². The minimum absolute atomic E-state index is 0.544. The van der Waals surface area contributed by atoms with Crippen molar-refractivity contribution in [3.05, 3.63) is 228 Å². The van der Waals surface area contributed by atoms with E-state index in [1.165, 1.54) is 325 Å². The molecule has 1 aromatic heterocycles. The van der Waals surface area contributed by atoms with Crippen LogP contribution in [-0.2, 0) is 71.0 Å². The summed E-state index contributed by atoms with van der Waals surface area (Å²) >= 11 is 18.8. The van der Waals surface area contributed by atoms with Crippen LogP contribution in [0.3, 0.4) is 0 Å². The normalized spacial score (nSPS) is 34.8.